The van der Waals surface area contributed by atoms with Gasteiger partial charge in [0.1, 0.15) is 11.9 Å². The molecule has 1 heterocycles. The Morgan fingerprint density at radius 1 is 1.39 bits per heavy atom. The van der Waals surface area contributed by atoms with E-state index < -0.39 is 12.1 Å². The molecule has 0 saturated carbocycles. The molecule has 0 bridgehead atoms. The van der Waals surface area contributed by atoms with Crippen molar-refractivity contribution >= 4 is 23.3 Å². The monoisotopic (exact) mass is 338 g/mol. The van der Waals surface area contributed by atoms with Crippen LogP contribution in [-0.2, 0) is 0 Å². The lowest BCUT2D eigenvalue weighted by Gasteiger charge is -2.18. The van der Waals surface area contributed by atoms with E-state index >= 15 is 0 Å². The number of methoxy groups -OCH3 is 1. The van der Waals surface area contributed by atoms with Crippen molar-refractivity contribution in [3.8, 4) is 5.75 Å². The van der Waals surface area contributed by atoms with Crippen LogP contribution in [0.5, 0.6) is 5.75 Å². The Hall–Kier alpha value is -2.18. The maximum Gasteiger partial charge on any atom is 0.319 e. The molecule has 0 aliphatic rings. The van der Waals surface area contributed by atoms with Crippen molar-refractivity contribution < 1.29 is 19.1 Å². The lowest BCUT2D eigenvalue weighted by Crippen LogP contribution is -2.37. The highest BCUT2D eigenvalue weighted by Gasteiger charge is 2.17. The average molecular weight is 339 g/mol. The fraction of sp³-hybridized carbons (Fsp3) is 0.312. The number of rotatable bonds is 6. The average Bonchev–Trinajstić information content (AvgIpc) is 3.01. The first-order chi connectivity index (χ1) is 11.0. The van der Waals surface area contributed by atoms with Gasteiger partial charge in [-0.05, 0) is 31.2 Å². The Bertz CT molecular complexity index is 646. The van der Waals surface area contributed by atoms with Gasteiger partial charge in [0, 0.05) is 12.5 Å². The molecule has 7 heteroatoms. The molecule has 0 aliphatic heterocycles. The number of anilines is 1. The molecule has 1 aromatic carbocycles. The lowest BCUT2D eigenvalue weighted by atomic mass is 10.1. The van der Waals surface area contributed by atoms with E-state index in [9.17, 15) is 9.90 Å². The number of hydrogen-bond donors (Lipinski definition) is 3. The van der Waals surface area contributed by atoms with E-state index in [0.29, 0.717) is 28.6 Å². The van der Waals surface area contributed by atoms with Crippen LogP contribution >= 0.6 is 11.6 Å². The molecule has 2 aromatic rings. The SMILES string of the molecule is COc1c(Cl)cccc1NC(=O)N[C@@H](C)C[C@@H](O)c1ccco1. The van der Waals surface area contributed by atoms with Gasteiger partial charge in [0.05, 0.1) is 24.1 Å². The van der Waals surface area contributed by atoms with Gasteiger partial charge >= 0.3 is 6.03 Å². The van der Waals surface area contributed by atoms with Crippen LogP contribution in [0, 0.1) is 0 Å². The van der Waals surface area contributed by atoms with Crippen molar-refractivity contribution in [2.75, 3.05) is 12.4 Å². The van der Waals surface area contributed by atoms with Gasteiger partial charge in [-0.25, -0.2) is 4.79 Å². The van der Waals surface area contributed by atoms with Gasteiger partial charge in [0.15, 0.2) is 5.75 Å². The summed E-state index contributed by atoms with van der Waals surface area (Å²) in [6.45, 7) is 1.79. The minimum Gasteiger partial charge on any atom is -0.493 e. The molecule has 0 fully saturated rings. The molecule has 2 atom stereocenters. The zero-order valence-corrected chi connectivity index (χ0v) is 13.6. The Balaban J connectivity index is 1.90. The molecule has 0 saturated heterocycles. The van der Waals surface area contributed by atoms with Crippen LogP contribution < -0.4 is 15.4 Å². The Kier molecular flexibility index (Phi) is 5.90. The minimum absolute atomic E-state index is 0.264. The summed E-state index contributed by atoms with van der Waals surface area (Å²) < 4.78 is 10.3. The Morgan fingerprint density at radius 3 is 2.83 bits per heavy atom. The Labute approximate surface area is 139 Å². The van der Waals surface area contributed by atoms with Crippen molar-refractivity contribution in [1.82, 2.24) is 5.32 Å². The van der Waals surface area contributed by atoms with Crippen molar-refractivity contribution in [2.24, 2.45) is 0 Å². The number of halogens is 1. The second-order valence-electron chi connectivity index (χ2n) is 5.09. The third-order valence-electron chi connectivity index (χ3n) is 3.25. The summed E-state index contributed by atoms with van der Waals surface area (Å²) in [5, 5.41) is 15.8. The maximum absolute atomic E-state index is 12.0. The minimum atomic E-state index is -0.777. The highest BCUT2D eigenvalue weighted by atomic mass is 35.5. The van der Waals surface area contributed by atoms with Gasteiger partial charge in [0.25, 0.3) is 0 Å². The summed E-state index contributed by atoms with van der Waals surface area (Å²) >= 11 is 6.00. The molecule has 2 rings (SSSR count). The smallest absolute Gasteiger partial charge is 0.319 e. The molecule has 3 N–H and O–H groups in total. The summed E-state index contributed by atoms with van der Waals surface area (Å²) in [7, 11) is 1.48. The van der Waals surface area contributed by atoms with E-state index in [1.54, 1.807) is 37.3 Å². The van der Waals surface area contributed by atoms with Crippen LogP contribution in [0.2, 0.25) is 5.02 Å². The van der Waals surface area contributed by atoms with Gasteiger partial charge in [0.2, 0.25) is 0 Å². The predicted molar refractivity (Wildman–Crippen MR) is 87.9 cm³/mol. The van der Waals surface area contributed by atoms with Crippen LogP contribution in [0.3, 0.4) is 0 Å². The van der Waals surface area contributed by atoms with Gasteiger partial charge in [-0.3, -0.25) is 0 Å². The second-order valence-corrected chi connectivity index (χ2v) is 5.49. The van der Waals surface area contributed by atoms with Crippen molar-refractivity contribution in [3.63, 3.8) is 0 Å². The topological polar surface area (TPSA) is 83.7 Å². The zero-order valence-electron chi connectivity index (χ0n) is 12.9. The van der Waals surface area contributed by atoms with Crippen LogP contribution in [-0.4, -0.2) is 24.3 Å². The van der Waals surface area contributed by atoms with Crippen LogP contribution in [0.1, 0.15) is 25.2 Å². The summed E-state index contributed by atoms with van der Waals surface area (Å²) in [5.41, 5.74) is 0.469. The Morgan fingerprint density at radius 2 is 2.17 bits per heavy atom. The number of benzene rings is 1. The van der Waals surface area contributed by atoms with Gasteiger partial charge < -0.3 is 24.9 Å². The number of aliphatic hydroxyl groups is 1. The number of aliphatic hydroxyl groups excluding tert-OH is 1. The van der Waals surface area contributed by atoms with Gasteiger partial charge in [-0.2, -0.15) is 0 Å². The highest BCUT2D eigenvalue weighted by molar-refractivity contribution is 6.32. The lowest BCUT2D eigenvalue weighted by molar-refractivity contribution is 0.130. The van der Waals surface area contributed by atoms with Gasteiger partial charge in [-0.1, -0.05) is 17.7 Å². The van der Waals surface area contributed by atoms with E-state index in [-0.39, 0.29) is 6.04 Å². The molecule has 0 spiro atoms. The summed E-state index contributed by atoms with van der Waals surface area (Å²) in [5.74, 6) is 0.864. The summed E-state index contributed by atoms with van der Waals surface area (Å²) in [4.78, 5) is 12.0. The molecule has 0 aliphatic carbocycles. The molecule has 0 unspecified atom stereocenters. The maximum atomic E-state index is 12.0. The van der Waals surface area contributed by atoms with E-state index in [2.05, 4.69) is 10.6 Å². The third kappa shape index (κ3) is 4.64. The molecule has 124 valence electrons. The highest BCUT2D eigenvalue weighted by Crippen LogP contribution is 2.32. The van der Waals surface area contributed by atoms with Crippen molar-refractivity contribution in [1.29, 1.82) is 0 Å². The first-order valence-electron chi connectivity index (χ1n) is 7.12. The standard InChI is InChI=1S/C16H19ClN2O4/c1-10(9-13(20)14-7-4-8-23-14)18-16(21)19-12-6-3-5-11(17)15(12)22-2/h3-8,10,13,20H,9H2,1-2H3,(H2,18,19,21)/t10-,13+/m0/s1. The number of carbonyl (C=O) groups excluding carboxylic acids is 1. The molecule has 0 radical (unpaired) electrons. The van der Waals surface area contributed by atoms with Crippen LogP contribution in [0.25, 0.3) is 0 Å². The number of ether oxygens (including phenoxy) is 1. The number of carbonyl (C=O) groups is 1. The van der Waals surface area contributed by atoms with E-state index in [0.717, 1.165) is 0 Å². The largest absolute Gasteiger partial charge is 0.493 e. The number of amides is 2. The van der Waals surface area contributed by atoms with Crippen LogP contribution in [0.15, 0.2) is 41.0 Å². The number of urea groups is 1. The number of nitrogens with one attached hydrogen (secondary N) is 2. The van der Waals surface area contributed by atoms with Crippen LogP contribution in [0.4, 0.5) is 10.5 Å². The number of furan rings is 1. The van der Waals surface area contributed by atoms with Gasteiger partial charge in [-0.15, -0.1) is 0 Å². The quantitative estimate of drug-likeness (QED) is 0.751. The fourth-order valence-electron chi connectivity index (χ4n) is 2.19. The second kappa shape index (κ2) is 7.89. The predicted octanol–water partition coefficient (Wildman–Crippen LogP) is 3.58. The van der Waals surface area contributed by atoms with E-state index in [1.807, 2.05) is 0 Å². The van der Waals surface area contributed by atoms with E-state index in [1.165, 1.54) is 13.4 Å². The third-order valence-corrected chi connectivity index (χ3v) is 3.54. The number of hydrogen-bond acceptors (Lipinski definition) is 4. The van der Waals surface area contributed by atoms with Crippen molar-refractivity contribution in [3.05, 3.63) is 47.4 Å². The molecular formula is C16H19ClN2O4. The van der Waals surface area contributed by atoms with E-state index in [4.69, 9.17) is 20.8 Å². The number of para-hydroxylation sites is 1. The molecular weight excluding hydrogens is 320 g/mol. The first-order valence-corrected chi connectivity index (χ1v) is 7.50. The normalized spacial score (nSPS) is 13.2. The molecule has 23 heavy (non-hydrogen) atoms. The summed E-state index contributed by atoms with van der Waals surface area (Å²) in [6, 6.07) is 7.79. The zero-order chi connectivity index (χ0) is 16.8. The summed E-state index contributed by atoms with van der Waals surface area (Å²) in [6.07, 6.45) is 1.04. The van der Waals surface area contributed by atoms with Crippen molar-refractivity contribution in [2.45, 2.75) is 25.5 Å². The molecule has 6 nitrogen and oxygen atoms in total. The fourth-order valence-corrected chi connectivity index (χ4v) is 2.44. The first kappa shape index (κ1) is 17.2. The molecule has 2 amide bonds. The molecule has 1 aromatic heterocycles.